The van der Waals surface area contributed by atoms with E-state index < -0.39 is 5.97 Å². The van der Waals surface area contributed by atoms with Crippen molar-refractivity contribution in [3.05, 3.63) is 46.8 Å². The molecule has 1 N–H and O–H groups in total. The lowest BCUT2D eigenvalue weighted by Crippen LogP contribution is -2.03. The Bertz CT molecular complexity index is 597. The molecule has 2 rings (SSSR count). The molecule has 1 aromatic heterocycles. The number of carboxylic acids is 1. The summed E-state index contributed by atoms with van der Waals surface area (Å²) in [5.41, 5.74) is 4.71. The molecule has 0 amide bonds. The van der Waals surface area contributed by atoms with Crippen molar-refractivity contribution in [3.8, 4) is 5.69 Å². The van der Waals surface area contributed by atoms with Gasteiger partial charge < -0.3 is 5.11 Å². The highest BCUT2D eigenvalue weighted by atomic mass is 16.4. The lowest BCUT2D eigenvalue weighted by Gasteiger charge is -2.06. The number of aliphatic carboxylic acids is 1. The number of hydrogen-bond donors (Lipinski definition) is 1. The summed E-state index contributed by atoms with van der Waals surface area (Å²) in [6.07, 6.45) is 1.02. The molecular formula is C15H18N2O2. The van der Waals surface area contributed by atoms with Crippen LogP contribution in [0.15, 0.2) is 24.3 Å². The lowest BCUT2D eigenvalue weighted by molar-refractivity contribution is -0.136. The predicted octanol–water partition coefficient (Wildman–Crippen LogP) is 2.68. The van der Waals surface area contributed by atoms with Gasteiger partial charge in [-0.1, -0.05) is 19.1 Å². The second-order valence-electron chi connectivity index (χ2n) is 4.65. The van der Waals surface area contributed by atoms with Crippen LogP contribution in [-0.2, 0) is 17.6 Å². The summed E-state index contributed by atoms with van der Waals surface area (Å²) in [6.45, 7) is 5.87. The van der Waals surface area contributed by atoms with Gasteiger partial charge in [-0.25, -0.2) is 4.68 Å². The largest absolute Gasteiger partial charge is 0.481 e. The zero-order chi connectivity index (χ0) is 14.0. The number of carboxylic acid groups (broad SMARTS) is 1. The predicted molar refractivity (Wildman–Crippen MR) is 73.8 cm³/mol. The van der Waals surface area contributed by atoms with Crippen LogP contribution in [0.3, 0.4) is 0 Å². The third-order valence-electron chi connectivity index (χ3n) is 3.36. The molecule has 0 aliphatic carbocycles. The number of rotatable bonds is 4. The summed E-state index contributed by atoms with van der Waals surface area (Å²) >= 11 is 0. The van der Waals surface area contributed by atoms with E-state index >= 15 is 0 Å². The molecule has 0 radical (unpaired) electrons. The third-order valence-corrected chi connectivity index (χ3v) is 3.36. The molecule has 0 unspecified atom stereocenters. The topological polar surface area (TPSA) is 55.1 Å². The molecule has 0 fully saturated rings. The second kappa shape index (κ2) is 5.26. The molecule has 1 heterocycles. The maximum atomic E-state index is 10.9. The first-order chi connectivity index (χ1) is 9.02. The van der Waals surface area contributed by atoms with Crippen molar-refractivity contribution in [3.63, 3.8) is 0 Å². The van der Waals surface area contributed by atoms with Gasteiger partial charge in [0.25, 0.3) is 0 Å². The Morgan fingerprint density at radius 1 is 1.26 bits per heavy atom. The fraction of sp³-hybridized carbons (Fsp3) is 0.333. The van der Waals surface area contributed by atoms with E-state index in [9.17, 15) is 4.79 Å². The Morgan fingerprint density at radius 2 is 1.89 bits per heavy atom. The summed E-state index contributed by atoms with van der Waals surface area (Å²) in [5.74, 6) is -0.827. The first-order valence-corrected chi connectivity index (χ1v) is 6.39. The highest BCUT2D eigenvalue weighted by Crippen LogP contribution is 2.19. The second-order valence-corrected chi connectivity index (χ2v) is 4.65. The summed E-state index contributed by atoms with van der Waals surface area (Å²) in [4.78, 5) is 10.9. The van der Waals surface area contributed by atoms with E-state index in [2.05, 4.69) is 24.2 Å². The van der Waals surface area contributed by atoms with E-state index in [0.717, 1.165) is 29.1 Å². The maximum absolute atomic E-state index is 10.9. The normalized spacial score (nSPS) is 10.7. The standard InChI is InChI=1S/C15H18N2O2/c1-4-12-5-7-13(8-6-12)17-11(3)14(9-15(18)19)10(2)16-17/h5-8H,4,9H2,1-3H3,(H,18,19). The van der Waals surface area contributed by atoms with Gasteiger partial charge >= 0.3 is 5.97 Å². The van der Waals surface area contributed by atoms with E-state index in [1.54, 1.807) is 0 Å². The number of nitrogens with zero attached hydrogens (tertiary/aromatic N) is 2. The minimum Gasteiger partial charge on any atom is -0.481 e. The van der Waals surface area contributed by atoms with Crippen LogP contribution in [0, 0.1) is 13.8 Å². The molecule has 0 bridgehead atoms. The fourth-order valence-corrected chi connectivity index (χ4v) is 2.21. The Balaban J connectivity index is 2.42. The summed E-state index contributed by atoms with van der Waals surface area (Å²) < 4.78 is 1.81. The van der Waals surface area contributed by atoms with Crippen molar-refractivity contribution < 1.29 is 9.90 Å². The summed E-state index contributed by atoms with van der Waals surface area (Å²) in [7, 11) is 0. The number of carbonyl (C=O) groups is 1. The summed E-state index contributed by atoms with van der Waals surface area (Å²) in [5, 5.41) is 13.4. The molecule has 0 aliphatic heterocycles. The van der Waals surface area contributed by atoms with Crippen LogP contribution < -0.4 is 0 Å². The van der Waals surface area contributed by atoms with Crippen LogP contribution in [0.5, 0.6) is 0 Å². The van der Waals surface area contributed by atoms with Gasteiger partial charge in [-0.05, 0) is 38.0 Å². The maximum Gasteiger partial charge on any atom is 0.307 e. The van der Waals surface area contributed by atoms with Crippen molar-refractivity contribution in [1.82, 2.24) is 9.78 Å². The van der Waals surface area contributed by atoms with Gasteiger partial charge in [0.05, 0.1) is 17.8 Å². The lowest BCUT2D eigenvalue weighted by atomic mass is 10.1. The van der Waals surface area contributed by atoms with Gasteiger partial charge in [0.2, 0.25) is 0 Å². The average Bonchev–Trinajstić information content (AvgIpc) is 2.66. The Labute approximate surface area is 112 Å². The molecule has 0 spiro atoms. The quantitative estimate of drug-likeness (QED) is 0.917. The summed E-state index contributed by atoms with van der Waals surface area (Å²) in [6, 6.07) is 8.18. The van der Waals surface area contributed by atoms with Gasteiger partial charge in [0.1, 0.15) is 0 Å². The average molecular weight is 258 g/mol. The molecule has 2 aromatic rings. The first kappa shape index (κ1) is 13.3. The molecule has 0 atom stereocenters. The Kier molecular flexibility index (Phi) is 3.69. The van der Waals surface area contributed by atoms with Crippen LogP contribution in [-0.4, -0.2) is 20.9 Å². The van der Waals surface area contributed by atoms with Crippen molar-refractivity contribution in [1.29, 1.82) is 0 Å². The molecule has 19 heavy (non-hydrogen) atoms. The van der Waals surface area contributed by atoms with Crippen LogP contribution in [0.1, 0.15) is 29.4 Å². The number of aryl methyl sites for hydroxylation is 2. The zero-order valence-corrected chi connectivity index (χ0v) is 11.5. The monoisotopic (exact) mass is 258 g/mol. The minimum atomic E-state index is -0.827. The van der Waals surface area contributed by atoms with E-state index in [-0.39, 0.29) is 6.42 Å². The van der Waals surface area contributed by atoms with Gasteiger partial charge in [0.15, 0.2) is 0 Å². The van der Waals surface area contributed by atoms with Gasteiger partial charge in [-0.15, -0.1) is 0 Å². The molecule has 0 saturated carbocycles. The van der Waals surface area contributed by atoms with E-state index in [1.165, 1.54) is 5.56 Å². The van der Waals surface area contributed by atoms with Crippen LogP contribution >= 0.6 is 0 Å². The molecule has 100 valence electrons. The SMILES string of the molecule is CCc1ccc(-n2nc(C)c(CC(=O)O)c2C)cc1. The molecular weight excluding hydrogens is 240 g/mol. The Morgan fingerprint density at radius 3 is 2.42 bits per heavy atom. The number of benzene rings is 1. The minimum absolute atomic E-state index is 0.0186. The van der Waals surface area contributed by atoms with E-state index in [4.69, 9.17) is 5.11 Å². The van der Waals surface area contributed by atoms with Crippen molar-refractivity contribution in [2.45, 2.75) is 33.6 Å². The van der Waals surface area contributed by atoms with Crippen LogP contribution in [0.4, 0.5) is 0 Å². The fourth-order valence-electron chi connectivity index (χ4n) is 2.21. The van der Waals surface area contributed by atoms with Crippen molar-refractivity contribution in [2.24, 2.45) is 0 Å². The number of hydrogen-bond acceptors (Lipinski definition) is 2. The van der Waals surface area contributed by atoms with Gasteiger partial charge in [0, 0.05) is 11.3 Å². The smallest absolute Gasteiger partial charge is 0.307 e. The third kappa shape index (κ3) is 2.67. The zero-order valence-electron chi connectivity index (χ0n) is 11.5. The van der Waals surface area contributed by atoms with Crippen LogP contribution in [0.2, 0.25) is 0 Å². The Hall–Kier alpha value is -2.10. The molecule has 0 saturated heterocycles. The van der Waals surface area contributed by atoms with E-state index in [1.807, 2.05) is 30.7 Å². The van der Waals surface area contributed by atoms with Crippen molar-refractivity contribution >= 4 is 5.97 Å². The first-order valence-electron chi connectivity index (χ1n) is 6.39. The molecule has 4 nitrogen and oxygen atoms in total. The number of aromatic nitrogens is 2. The highest BCUT2D eigenvalue weighted by molar-refractivity contribution is 5.71. The molecule has 0 aliphatic rings. The van der Waals surface area contributed by atoms with Crippen LogP contribution in [0.25, 0.3) is 5.69 Å². The van der Waals surface area contributed by atoms with Gasteiger partial charge in [-0.3, -0.25) is 4.79 Å². The highest BCUT2D eigenvalue weighted by Gasteiger charge is 2.15. The molecule has 4 heteroatoms. The van der Waals surface area contributed by atoms with Gasteiger partial charge in [-0.2, -0.15) is 5.10 Å². The van der Waals surface area contributed by atoms with Crippen molar-refractivity contribution in [2.75, 3.05) is 0 Å². The molecule has 1 aromatic carbocycles. The van der Waals surface area contributed by atoms with E-state index in [0.29, 0.717) is 0 Å².